The van der Waals surface area contributed by atoms with Gasteiger partial charge in [-0.15, -0.1) is 0 Å². The molecule has 1 aromatic rings. The fourth-order valence-electron chi connectivity index (χ4n) is 2.86. The zero-order chi connectivity index (χ0) is 14.5. The van der Waals surface area contributed by atoms with Crippen molar-refractivity contribution in [2.24, 2.45) is 5.92 Å². The predicted octanol–water partition coefficient (Wildman–Crippen LogP) is -2.07. The zero-order valence-electron chi connectivity index (χ0n) is 10.6. The second-order valence-corrected chi connectivity index (χ2v) is 5.32. The molecule has 4 N–H and O–H groups in total. The normalized spacial score (nSPS) is 37.2. The SMILES string of the molecule is O=c1ccn([C@@H]2O[C@H](CO)[C@](O)(C3CC3)[C@H]2O)c(=O)[nH]1. The molecule has 8 heteroatoms. The van der Waals surface area contributed by atoms with Crippen molar-refractivity contribution < 1.29 is 20.1 Å². The maximum Gasteiger partial charge on any atom is 0.330 e. The molecule has 20 heavy (non-hydrogen) atoms. The van der Waals surface area contributed by atoms with Gasteiger partial charge in [0, 0.05) is 12.3 Å². The Labute approximate surface area is 113 Å². The molecule has 1 aliphatic heterocycles. The Morgan fingerprint density at radius 1 is 1.45 bits per heavy atom. The van der Waals surface area contributed by atoms with Crippen LogP contribution in [-0.4, -0.2) is 49.3 Å². The van der Waals surface area contributed by atoms with Crippen LogP contribution in [0.1, 0.15) is 19.1 Å². The number of rotatable bonds is 3. The summed E-state index contributed by atoms with van der Waals surface area (Å²) in [7, 11) is 0. The summed E-state index contributed by atoms with van der Waals surface area (Å²) in [6, 6.07) is 1.12. The third-order valence-electron chi connectivity index (χ3n) is 4.09. The first kappa shape index (κ1) is 13.5. The summed E-state index contributed by atoms with van der Waals surface area (Å²) in [4.78, 5) is 24.8. The highest BCUT2D eigenvalue weighted by atomic mass is 16.6. The van der Waals surface area contributed by atoms with Gasteiger partial charge in [0.05, 0.1) is 6.61 Å². The van der Waals surface area contributed by atoms with Crippen molar-refractivity contribution in [2.45, 2.75) is 36.9 Å². The maximum atomic E-state index is 11.7. The number of hydrogen-bond donors (Lipinski definition) is 4. The second kappa shape index (κ2) is 4.52. The van der Waals surface area contributed by atoms with Crippen LogP contribution >= 0.6 is 0 Å². The van der Waals surface area contributed by atoms with E-state index in [9.17, 15) is 24.9 Å². The molecule has 2 aliphatic rings. The smallest absolute Gasteiger partial charge is 0.330 e. The molecule has 8 nitrogen and oxygen atoms in total. The Morgan fingerprint density at radius 2 is 2.15 bits per heavy atom. The lowest BCUT2D eigenvalue weighted by molar-refractivity contribution is -0.107. The number of aliphatic hydroxyl groups excluding tert-OH is 2. The van der Waals surface area contributed by atoms with Crippen LogP contribution in [0.4, 0.5) is 0 Å². The minimum Gasteiger partial charge on any atom is -0.394 e. The van der Waals surface area contributed by atoms with Crippen LogP contribution in [0.25, 0.3) is 0 Å². The van der Waals surface area contributed by atoms with Crippen LogP contribution in [0.2, 0.25) is 0 Å². The Kier molecular flexibility index (Phi) is 3.05. The minimum absolute atomic E-state index is 0.155. The lowest BCUT2D eigenvalue weighted by Gasteiger charge is -2.30. The van der Waals surface area contributed by atoms with Crippen molar-refractivity contribution in [2.75, 3.05) is 6.61 Å². The number of H-pyrrole nitrogens is 1. The summed E-state index contributed by atoms with van der Waals surface area (Å²) in [6.07, 6.45) is -0.782. The molecule has 0 unspecified atom stereocenters. The van der Waals surface area contributed by atoms with Crippen LogP contribution in [0, 0.1) is 5.92 Å². The number of nitrogens with one attached hydrogen (secondary N) is 1. The third kappa shape index (κ3) is 1.84. The first-order valence-corrected chi connectivity index (χ1v) is 6.46. The third-order valence-corrected chi connectivity index (χ3v) is 4.09. The lowest BCUT2D eigenvalue weighted by Crippen LogP contribution is -2.51. The van der Waals surface area contributed by atoms with Crippen molar-refractivity contribution in [3.05, 3.63) is 33.1 Å². The standard InChI is InChI=1S/C12H16N2O6/c15-5-7-12(19,6-1-2-6)9(17)10(20-7)14-4-3-8(16)13-11(14)18/h3-4,6-7,9-10,15,17,19H,1-2,5H2,(H,13,16,18)/t7-,9+,10-,12-/m1/s1. The Hall–Kier alpha value is -1.48. The number of nitrogens with zero attached hydrogens (tertiary/aromatic N) is 1. The summed E-state index contributed by atoms with van der Waals surface area (Å²) in [6.45, 7) is -0.460. The van der Waals surface area contributed by atoms with E-state index in [4.69, 9.17) is 4.74 Å². The highest BCUT2D eigenvalue weighted by Gasteiger charge is 2.62. The zero-order valence-corrected chi connectivity index (χ0v) is 10.6. The van der Waals surface area contributed by atoms with Gasteiger partial charge in [0.2, 0.25) is 0 Å². The first-order valence-electron chi connectivity index (χ1n) is 6.46. The van der Waals surface area contributed by atoms with E-state index >= 15 is 0 Å². The van der Waals surface area contributed by atoms with E-state index in [2.05, 4.69) is 4.98 Å². The summed E-state index contributed by atoms with van der Waals surface area (Å²) in [5.74, 6) is -0.155. The molecule has 0 bridgehead atoms. The molecule has 3 rings (SSSR count). The van der Waals surface area contributed by atoms with Crippen LogP contribution in [0.15, 0.2) is 21.9 Å². The van der Waals surface area contributed by atoms with Crippen molar-refractivity contribution in [1.29, 1.82) is 0 Å². The second-order valence-electron chi connectivity index (χ2n) is 5.32. The number of aliphatic hydroxyl groups is 3. The minimum atomic E-state index is -1.57. The molecule has 0 spiro atoms. The lowest BCUT2D eigenvalue weighted by atomic mass is 9.87. The van der Waals surface area contributed by atoms with Gasteiger partial charge in [-0.25, -0.2) is 4.79 Å². The quantitative estimate of drug-likeness (QED) is 0.505. The Bertz CT molecular complexity index is 621. The Morgan fingerprint density at radius 3 is 2.70 bits per heavy atom. The molecule has 2 fully saturated rings. The number of aromatic amines is 1. The molecule has 1 saturated carbocycles. The number of ether oxygens (including phenoxy) is 1. The summed E-state index contributed by atoms with van der Waals surface area (Å²) >= 11 is 0. The van der Waals surface area contributed by atoms with Crippen LogP contribution in [-0.2, 0) is 4.74 Å². The number of hydrogen-bond acceptors (Lipinski definition) is 6. The van der Waals surface area contributed by atoms with E-state index in [0.717, 1.165) is 23.5 Å². The Balaban J connectivity index is 1.99. The summed E-state index contributed by atoms with van der Waals surface area (Å²) in [5, 5.41) is 30.3. The van der Waals surface area contributed by atoms with E-state index in [1.165, 1.54) is 6.20 Å². The van der Waals surface area contributed by atoms with Crippen LogP contribution < -0.4 is 11.2 Å². The average Bonchev–Trinajstić information content (AvgIpc) is 3.21. The molecular weight excluding hydrogens is 268 g/mol. The molecule has 0 radical (unpaired) electrons. The molecule has 0 amide bonds. The van der Waals surface area contributed by atoms with Crippen molar-refractivity contribution >= 4 is 0 Å². The van der Waals surface area contributed by atoms with Crippen molar-refractivity contribution in [3.63, 3.8) is 0 Å². The van der Waals surface area contributed by atoms with Crippen molar-refractivity contribution in [1.82, 2.24) is 9.55 Å². The van der Waals surface area contributed by atoms with E-state index in [0.29, 0.717) is 0 Å². The fourth-order valence-corrected chi connectivity index (χ4v) is 2.86. The fraction of sp³-hybridized carbons (Fsp3) is 0.667. The van der Waals surface area contributed by atoms with Gasteiger partial charge in [-0.05, 0) is 18.8 Å². The summed E-state index contributed by atoms with van der Waals surface area (Å²) in [5.41, 5.74) is -2.87. The molecule has 1 aliphatic carbocycles. The van der Waals surface area contributed by atoms with Gasteiger partial charge in [-0.3, -0.25) is 14.3 Å². The van der Waals surface area contributed by atoms with E-state index < -0.39 is 41.9 Å². The van der Waals surface area contributed by atoms with Crippen molar-refractivity contribution in [3.8, 4) is 0 Å². The van der Waals surface area contributed by atoms with Gasteiger partial charge in [0.1, 0.15) is 17.8 Å². The largest absolute Gasteiger partial charge is 0.394 e. The number of aromatic nitrogens is 2. The van der Waals surface area contributed by atoms with Gasteiger partial charge in [0.25, 0.3) is 5.56 Å². The van der Waals surface area contributed by atoms with Gasteiger partial charge in [0.15, 0.2) is 6.23 Å². The van der Waals surface area contributed by atoms with E-state index in [1.54, 1.807) is 0 Å². The highest BCUT2D eigenvalue weighted by Crippen LogP contribution is 2.50. The molecule has 4 atom stereocenters. The van der Waals surface area contributed by atoms with Crippen LogP contribution in [0.5, 0.6) is 0 Å². The predicted molar refractivity (Wildman–Crippen MR) is 66.0 cm³/mol. The molecule has 110 valence electrons. The van der Waals surface area contributed by atoms with Gasteiger partial charge < -0.3 is 20.1 Å². The average molecular weight is 284 g/mol. The van der Waals surface area contributed by atoms with Gasteiger partial charge in [-0.2, -0.15) is 0 Å². The van der Waals surface area contributed by atoms with E-state index in [1.807, 2.05) is 0 Å². The molecule has 2 heterocycles. The molecule has 1 aromatic heterocycles. The highest BCUT2D eigenvalue weighted by molar-refractivity contribution is 5.10. The molecule has 1 saturated heterocycles. The van der Waals surface area contributed by atoms with Crippen LogP contribution in [0.3, 0.4) is 0 Å². The first-order chi connectivity index (χ1) is 9.48. The van der Waals surface area contributed by atoms with E-state index in [-0.39, 0.29) is 5.92 Å². The monoisotopic (exact) mass is 284 g/mol. The topological polar surface area (TPSA) is 125 Å². The van der Waals surface area contributed by atoms with Gasteiger partial charge in [-0.1, -0.05) is 0 Å². The summed E-state index contributed by atoms with van der Waals surface area (Å²) < 4.78 is 6.45. The molecular formula is C12H16N2O6. The van der Waals surface area contributed by atoms with Gasteiger partial charge >= 0.3 is 5.69 Å². The maximum absolute atomic E-state index is 11.7. The molecule has 0 aromatic carbocycles.